The van der Waals surface area contributed by atoms with Crippen LogP contribution in [0.15, 0.2) is 18.2 Å². The lowest BCUT2D eigenvalue weighted by molar-refractivity contribution is -0.161. The molecule has 2 aliphatic rings. The van der Waals surface area contributed by atoms with E-state index in [4.69, 9.17) is 14.2 Å². The molecule has 1 aromatic carbocycles. The van der Waals surface area contributed by atoms with Gasteiger partial charge in [0, 0.05) is 30.3 Å². The highest BCUT2D eigenvalue weighted by Gasteiger charge is 2.29. The zero-order chi connectivity index (χ0) is 25.4. The van der Waals surface area contributed by atoms with E-state index < -0.39 is 5.41 Å². The van der Waals surface area contributed by atoms with Crippen LogP contribution in [0.5, 0.6) is 5.75 Å². The summed E-state index contributed by atoms with van der Waals surface area (Å²) >= 11 is 0. The van der Waals surface area contributed by atoms with Gasteiger partial charge >= 0.3 is 5.97 Å². The second-order valence-corrected chi connectivity index (χ2v) is 11.1. The van der Waals surface area contributed by atoms with E-state index in [9.17, 15) is 9.59 Å². The van der Waals surface area contributed by atoms with Crippen LogP contribution in [-0.2, 0) is 25.5 Å². The Bertz CT molecular complexity index is 844. The Morgan fingerprint density at radius 2 is 1.91 bits per heavy atom. The normalized spacial score (nSPS) is 18.2. The second kappa shape index (κ2) is 12.7. The van der Waals surface area contributed by atoms with Crippen LogP contribution in [0.4, 0.5) is 5.69 Å². The maximum absolute atomic E-state index is 12.7. The molecule has 0 bridgehead atoms. The Morgan fingerprint density at radius 3 is 2.60 bits per heavy atom. The van der Waals surface area contributed by atoms with Crippen LogP contribution >= 0.6 is 0 Å². The van der Waals surface area contributed by atoms with E-state index >= 15 is 0 Å². The molecule has 1 atom stereocenters. The van der Waals surface area contributed by atoms with Crippen molar-refractivity contribution >= 4 is 17.6 Å². The molecule has 1 saturated heterocycles. The van der Waals surface area contributed by atoms with E-state index in [0.717, 1.165) is 49.5 Å². The maximum atomic E-state index is 12.7. The first-order valence-corrected chi connectivity index (χ1v) is 12.9. The second-order valence-electron chi connectivity index (χ2n) is 11.1. The van der Waals surface area contributed by atoms with Crippen LogP contribution in [-0.4, -0.2) is 68.5 Å². The molecule has 0 saturated carbocycles. The van der Waals surface area contributed by atoms with Gasteiger partial charge in [0.1, 0.15) is 18.5 Å². The summed E-state index contributed by atoms with van der Waals surface area (Å²) in [6, 6.07) is 6.12. The predicted molar refractivity (Wildman–Crippen MR) is 136 cm³/mol. The Labute approximate surface area is 210 Å². The smallest absolute Gasteiger partial charge is 0.311 e. The van der Waals surface area contributed by atoms with Gasteiger partial charge in [-0.15, -0.1) is 0 Å². The average molecular weight is 490 g/mol. The first-order valence-electron chi connectivity index (χ1n) is 12.9. The number of hydrogen-bond acceptors (Lipinski definition) is 7. The van der Waals surface area contributed by atoms with Crippen molar-refractivity contribution in [3.05, 3.63) is 23.8 Å². The van der Waals surface area contributed by atoms with Gasteiger partial charge in [-0.3, -0.25) is 19.8 Å². The highest BCUT2D eigenvalue weighted by Crippen LogP contribution is 2.31. The third-order valence-corrected chi connectivity index (χ3v) is 6.29. The Kier molecular flexibility index (Phi) is 9.95. The van der Waals surface area contributed by atoms with Crippen molar-refractivity contribution in [2.75, 3.05) is 44.9 Å². The van der Waals surface area contributed by atoms with Gasteiger partial charge in [0.25, 0.3) is 0 Å². The lowest BCUT2D eigenvalue weighted by atomic mass is 9.97. The minimum atomic E-state index is -0.582. The molecule has 0 radical (unpaired) electrons. The third kappa shape index (κ3) is 8.78. The first-order chi connectivity index (χ1) is 16.6. The number of esters is 1. The predicted octanol–water partition coefficient (Wildman–Crippen LogP) is 3.59. The van der Waals surface area contributed by atoms with Gasteiger partial charge in [-0.2, -0.15) is 0 Å². The standard InChI is InChI=1S/C27H43N3O5/c1-19(2)16-33-18-28-20-11-13-30(14-12-20)15-21(35-26(32)27(3,4)5)17-34-24-8-6-7-23-22(24)9-10-25(31)29-23/h6-8,19-21,28H,9-18H2,1-5H3,(H,29,31). The van der Waals surface area contributed by atoms with Crippen molar-refractivity contribution in [1.29, 1.82) is 0 Å². The molecule has 8 nitrogen and oxygen atoms in total. The number of fused-ring (bicyclic) bond motifs is 1. The average Bonchev–Trinajstić information content (AvgIpc) is 2.80. The summed E-state index contributed by atoms with van der Waals surface area (Å²) in [6.45, 7) is 14.0. The molecule has 2 aliphatic heterocycles. The number of ether oxygens (including phenoxy) is 3. The third-order valence-electron chi connectivity index (χ3n) is 6.29. The number of amides is 1. The zero-order valence-corrected chi connectivity index (χ0v) is 22.0. The van der Waals surface area contributed by atoms with Crippen LogP contribution < -0.4 is 15.4 Å². The monoisotopic (exact) mass is 489 g/mol. The quantitative estimate of drug-likeness (QED) is 0.279. The number of anilines is 1. The maximum Gasteiger partial charge on any atom is 0.311 e. The minimum absolute atomic E-state index is 0.0241. The van der Waals surface area contributed by atoms with Gasteiger partial charge in [-0.25, -0.2) is 0 Å². The molecular weight excluding hydrogens is 446 g/mol. The van der Waals surface area contributed by atoms with E-state index in [1.54, 1.807) is 0 Å². The molecule has 35 heavy (non-hydrogen) atoms. The van der Waals surface area contributed by atoms with Crippen LogP contribution in [0.2, 0.25) is 0 Å². The summed E-state index contributed by atoms with van der Waals surface area (Å²) in [4.78, 5) is 26.8. The van der Waals surface area contributed by atoms with Gasteiger partial charge < -0.3 is 19.5 Å². The number of rotatable bonds is 11. The molecule has 1 fully saturated rings. The molecule has 1 amide bonds. The number of piperidine rings is 1. The lowest BCUT2D eigenvalue weighted by Crippen LogP contribution is -2.47. The summed E-state index contributed by atoms with van der Waals surface area (Å²) in [5.74, 6) is 1.07. The molecule has 1 aromatic rings. The van der Waals surface area contributed by atoms with Crippen LogP contribution in [0, 0.1) is 11.3 Å². The van der Waals surface area contributed by atoms with Gasteiger partial charge in [0.15, 0.2) is 0 Å². The topological polar surface area (TPSA) is 89.1 Å². The van der Waals surface area contributed by atoms with Crippen LogP contribution in [0.3, 0.4) is 0 Å². The van der Waals surface area contributed by atoms with Crippen molar-refractivity contribution in [3.8, 4) is 5.75 Å². The van der Waals surface area contributed by atoms with Crippen LogP contribution in [0.1, 0.15) is 59.4 Å². The fraction of sp³-hybridized carbons (Fsp3) is 0.704. The number of carbonyl (C=O) groups excluding carboxylic acids is 2. The number of benzene rings is 1. The number of carbonyl (C=O) groups is 2. The molecule has 0 spiro atoms. The van der Waals surface area contributed by atoms with Crippen molar-refractivity contribution in [3.63, 3.8) is 0 Å². The van der Waals surface area contributed by atoms with E-state index in [-0.39, 0.29) is 24.6 Å². The Hall–Kier alpha value is -2.16. The molecular formula is C27H43N3O5. The molecule has 0 aromatic heterocycles. The fourth-order valence-electron chi connectivity index (χ4n) is 4.24. The van der Waals surface area contributed by atoms with Gasteiger partial charge in [-0.1, -0.05) is 19.9 Å². The summed E-state index contributed by atoms with van der Waals surface area (Å²) < 4.78 is 17.8. The van der Waals surface area contributed by atoms with Crippen molar-refractivity contribution in [2.24, 2.45) is 11.3 Å². The number of likely N-dealkylation sites (tertiary alicyclic amines) is 1. The molecule has 2 heterocycles. The van der Waals surface area contributed by atoms with Gasteiger partial charge in [0.2, 0.25) is 5.91 Å². The largest absolute Gasteiger partial charge is 0.489 e. The molecule has 1 unspecified atom stereocenters. The highest BCUT2D eigenvalue weighted by atomic mass is 16.6. The molecule has 8 heteroatoms. The van der Waals surface area contributed by atoms with E-state index in [1.807, 2.05) is 39.0 Å². The van der Waals surface area contributed by atoms with Gasteiger partial charge in [0.05, 0.1) is 18.8 Å². The Balaban J connectivity index is 1.55. The first kappa shape index (κ1) is 27.4. The van der Waals surface area contributed by atoms with E-state index in [2.05, 4.69) is 29.4 Å². The van der Waals surface area contributed by atoms with Crippen molar-refractivity contribution in [2.45, 2.75) is 72.4 Å². The summed E-state index contributed by atoms with van der Waals surface area (Å²) in [7, 11) is 0. The van der Waals surface area contributed by atoms with Gasteiger partial charge in [-0.05, 0) is 71.2 Å². The lowest BCUT2D eigenvalue weighted by Gasteiger charge is -2.35. The fourth-order valence-corrected chi connectivity index (χ4v) is 4.24. The molecule has 196 valence electrons. The molecule has 3 rings (SSSR count). The van der Waals surface area contributed by atoms with Crippen molar-refractivity contribution in [1.82, 2.24) is 10.2 Å². The van der Waals surface area contributed by atoms with Crippen molar-refractivity contribution < 1.29 is 23.8 Å². The van der Waals surface area contributed by atoms with Crippen LogP contribution in [0.25, 0.3) is 0 Å². The number of nitrogens with zero attached hydrogens (tertiary/aromatic N) is 1. The molecule has 2 N–H and O–H groups in total. The SMILES string of the molecule is CC(C)COCNC1CCN(CC(COc2cccc3c2CCC(=O)N3)OC(=O)C(C)(C)C)CC1. The number of nitrogens with one attached hydrogen (secondary N) is 2. The van der Waals surface area contributed by atoms with E-state index in [1.165, 1.54) is 0 Å². The summed E-state index contributed by atoms with van der Waals surface area (Å²) in [6.07, 6.45) is 2.76. The molecule has 0 aliphatic carbocycles. The Morgan fingerprint density at radius 1 is 1.17 bits per heavy atom. The number of hydrogen-bond donors (Lipinski definition) is 2. The minimum Gasteiger partial charge on any atom is -0.489 e. The highest BCUT2D eigenvalue weighted by molar-refractivity contribution is 5.94. The van der Waals surface area contributed by atoms with E-state index in [0.29, 0.717) is 38.1 Å². The zero-order valence-electron chi connectivity index (χ0n) is 22.0. The summed E-state index contributed by atoms with van der Waals surface area (Å²) in [5, 5.41) is 6.40. The summed E-state index contributed by atoms with van der Waals surface area (Å²) in [5.41, 5.74) is 1.22.